The number of hydrogen-bond donors (Lipinski definition) is 2. The summed E-state index contributed by atoms with van der Waals surface area (Å²) in [6, 6.07) is 36.4. The molecule has 6 heteroatoms. The lowest BCUT2D eigenvalue weighted by Gasteiger charge is -2.42. The van der Waals surface area contributed by atoms with E-state index in [1.165, 1.54) is 16.7 Å². The summed E-state index contributed by atoms with van der Waals surface area (Å²) in [7, 11) is 0. The molecule has 6 nitrogen and oxygen atoms in total. The van der Waals surface area contributed by atoms with Gasteiger partial charge in [0.05, 0.1) is 0 Å². The average Bonchev–Trinajstić information content (AvgIpc) is 3.02. The van der Waals surface area contributed by atoms with E-state index < -0.39 is 0 Å². The third kappa shape index (κ3) is 9.04. The fourth-order valence-electron chi connectivity index (χ4n) is 6.32. The number of benzene rings is 4. The lowest BCUT2D eigenvalue weighted by molar-refractivity contribution is -0.136. The number of phenols is 1. The Kier molecular flexibility index (Phi) is 10.8. The number of aromatic hydroxyl groups is 1. The van der Waals surface area contributed by atoms with E-state index in [4.69, 9.17) is 0 Å². The zero-order valence-corrected chi connectivity index (χ0v) is 25.6. The first-order valence-electron chi connectivity index (χ1n) is 15.6. The van der Waals surface area contributed by atoms with Crippen LogP contribution in [0.5, 0.6) is 5.75 Å². The van der Waals surface area contributed by atoms with Crippen LogP contribution in [0.1, 0.15) is 41.2 Å². The Balaban J connectivity index is 1.26. The first kappa shape index (κ1) is 31.0. The van der Waals surface area contributed by atoms with Crippen LogP contribution in [0.2, 0.25) is 0 Å². The number of carbonyl (C=O) groups excluding carboxylic acids is 2. The minimum absolute atomic E-state index is 0.0286. The van der Waals surface area contributed by atoms with Gasteiger partial charge in [-0.3, -0.25) is 14.5 Å². The molecule has 228 valence electrons. The van der Waals surface area contributed by atoms with E-state index in [1.807, 2.05) is 48.5 Å². The van der Waals surface area contributed by atoms with Gasteiger partial charge in [-0.15, -0.1) is 0 Å². The normalized spacial score (nSPS) is 15.9. The summed E-state index contributed by atoms with van der Waals surface area (Å²) in [5, 5.41) is 12.9. The van der Waals surface area contributed by atoms with Crippen LogP contribution in [0.3, 0.4) is 0 Å². The molecular formula is C38H43N3O3. The molecule has 5 rings (SSSR count). The third-order valence-corrected chi connectivity index (χ3v) is 8.47. The van der Waals surface area contributed by atoms with Crippen molar-refractivity contribution < 1.29 is 14.7 Å². The molecule has 1 fully saturated rings. The third-order valence-electron chi connectivity index (χ3n) is 8.47. The van der Waals surface area contributed by atoms with E-state index >= 15 is 0 Å². The number of aryl methyl sites for hydroxylation is 1. The zero-order chi connectivity index (χ0) is 30.7. The summed E-state index contributed by atoms with van der Waals surface area (Å²) in [5.41, 5.74) is 5.90. The number of nitrogens with one attached hydrogen (secondary N) is 1. The Morgan fingerprint density at radius 3 is 2.09 bits per heavy atom. The summed E-state index contributed by atoms with van der Waals surface area (Å²) in [6.45, 7) is 4.76. The second-order valence-corrected chi connectivity index (χ2v) is 11.9. The fourth-order valence-corrected chi connectivity index (χ4v) is 6.32. The molecule has 0 spiro atoms. The average molecular weight is 590 g/mol. The van der Waals surface area contributed by atoms with Crippen LogP contribution in [0.4, 0.5) is 0 Å². The lowest BCUT2D eigenvalue weighted by Crippen LogP contribution is -2.55. The summed E-state index contributed by atoms with van der Waals surface area (Å²) in [4.78, 5) is 30.4. The van der Waals surface area contributed by atoms with Crippen LogP contribution >= 0.6 is 0 Å². The van der Waals surface area contributed by atoms with Crippen molar-refractivity contribution in [3.05, 3.63) is 137 Å². The van der Waals surface area contributed by atoms with Crippen LogP contribution in [0, 0.1) is 0 Å². The van der Waals surface area contributed by atoms with E-state index in [0.717, 1.165) is 43.6 Å². The van der Waals surface area contributed by atoms with E-state index in [0.29, 0.717) is 25.8 Å². The molecule has 0 bridgehead atoms. The van der Waals surface area contributed by atoms with E-state index in [2.05, 4.69) is 63.6 Å². The van der Waals surface area contributed by atoms with Crippen molar-refractivity contribution in [2.24, 2.45) is 0 Å². The molecule has 2 unspecified atom stereocenters. The van der Waals surface area contributed by atoms with Crippen molar-refractivity contribution in [2.45, 2.75) is 57.7 Å². The highest BCUT2D eigenvalue weighted by atomic mass is 16.3. The Morgan fingerprint density at radius 1 is 0.773 bits per heavy atom. The van der Waals surface area contributed by atoms with Crippen LogP contribution in [-0.2, 0) is 41.8 Å². The minimum Gasteiger partial charge on any atom is -0.508 e. The monoisotopic (exact) mass is 589 g/mol. The van der Waals surface area contributed by atoms with Gasteiger partial charge >= 0.3 is 0 Å². The van der Waals surface area contributed by atoms with E-state index in [9.17, 15) is 14.7 Å². The van der Waals surface area contributed by atoms with Crippen LogP contribution in [0.15, 0.2) is 109 Å². The maximum absolute atomic E-state index is 13.8. The number of carbonyl (C=O) groups is 2. The predicted molar refractivity (Wildman–Crippen MR) is 175 cm³/mol. The highest BCUT2D eigenvalue weighted by Gasteiger charge is 2.30. The summed E-state index contributed by atoms with van der Waals surface area (Å²) in [6.07, 6.45) is 3.29. The molecule has 2 N–H and O–H groups in total. The molecule has 0 aromatic heterocycles. The van der Waals surface area contributed by atoms with Crippen LogP contribution in [0.25, 0.3) is 0 Å². The molecule has 1 aliphatic rings. The largest absolute Gasteiger partial charge is 0.508 e. The Morgan fingerprint density at radius 2 is 1.41 bits per heavy atom. The van der Waals surface area contributed by atoms with Gasteiger partial charge in [-0.25, -0.2) is 0 Å². The van der Waals surface area contributed by atoms with Crippen LogP contribution < -0.4 is 5.32 Å². The molecule has 4 aromatic carbocycles. The van der Waals surface area contributed by atoms with Crippen molar-refractivity contribution in [1.29, 1.82) is 0 Å². The summed E-state index contributed by atoms with van der Waals surface area (Å²) >= 11 is 0. The molecular weight excluding hydrogens is 546 g/mol. The highest BCUT2D eigenvalue weighted by molar-refractivity contribution is 5.77. The smallest absolute Gasteiger partial charge is 0.223 e. The minimum atomic E-state index is -0.0373. The van der Waals surface area contributed by atoms with Crippen molar-refractivity contribution in [3.8, 4) is 5.75 Å². The standard InChI is InChI=1S/C38H43N3O3/c1-29(42)39-35(24-30-10-4-2-5-11-30)26-34-15-9-8-14-33(34)18-21-38(44)41-23-22-40(27-32-12-6-3-7-13-32)28-36(41)25-31-16-19-37(43)20-17-31/h2-17,19-20,35-36,43H,18,21-28H2,1H3,(H,39,42). The van der Waals surface area contributed by atoms with E-state index in [1.54, 1.807) is 19.1 Å². The summed E-state index contributed by atoms with van der Waals surface area (Å²) in [5.74, 6) is 0.384. The quantitative estimate of drug-likeness (QED) is 0.227. The van der Waals surface area contributed by atoms with Crippen LogP contribution in [-0.4, -0.2) is 58.4 Å². The molecule has 0 radical (unpaired) electrons. The van der Waals surface area contributed by atoms with Gasteiger partial charge in [-0.1, -0.05) is 97.1 Å². The van der Waals surface area contributed by atoms with Gasteiger partial charge in [0.2, 0.25) is 11.8 Å². The zero-order valence-electron chi connectivity index (χ0n) is 25.6. The topological polar surface area (TPSA) is 72.9 Å². The second-order valence-electron chi connectivity index (χ2n) is 11.9. The molecule has 2 amide bonds. The first-order chi connectivity index (χ1) is 21.4. The Hall–Kier alpha value is -4.42. The molecule has 4 aromatic rings. The number of hydrogen-bond acceptors (Lipinski definition) is 4. The number of amides is 2. The second kappa shape index (κ2) is 15.3. The fraction of sp³-hybridized carbons (Fsp3) is 0.316. The van der Waals surface area contributed by atoms with Crippen molar-refractivity contribution in [2.75, 3.05) is 19.6 Å². The predicted octanol–water partition coefficient (Wildman–Crippen LogP) is 5.57. The first-order valence-corrected chi connectivity index (χ1v) is 15.6. The van der Waals surface area contributed by atoms with Crippen molar-refractivity contribution >= 4 is 11.8 Å². The number of phenolic OH excluding ortho intramolecular Hbond substituents is 1. The Bertz CT molecular complexity index is 1490. The van der Waals surface area contributed by atoms with Gasteiger partial charge in [0.1, 0.15) is 5.75 Å². The SMILES string of the molecule is CC(=O)NC(Cc1ccccc1)Cc1ccccc1CCC(=O)N1CCN(Cc2ccccc2)CC1Cc1ccc(O)cc1. The molecule has 2 atom stereocenters. The van der Waals surface area contributed by atoms with Gasteiger partial charge in [0.15, 0.2) is 0 Å². The molecule has 0 saturated carbocycles. The Labute approximate surface area is 261 Å². The number of piperazine rings is 1. The van der Waals surface area contributed by atoms with Gasteiger partial charge in [-0.05, 0) is 65.6 Å². The van der Waals surface area contributed by atoms with Gasteiger partial charge in [0.25, 0.3) is 0 Å². The summed E-state index contributed by atoms with van der Waals surface area (Å²) < 4.78 is 0. The molecule has 1 heterocycles. The van der Waals surface area contributed by atoms with Crippen molar-refractivity contribution in [1.82, 2.24) is 15.1 Å². The number of nitrogens with zero attached hydrogens (tertiary/aromatic N) is 2. The number of rotatable bonds is 12. The molecule has 44 heavy (non-hydrogen) atoms. The maximum Gasteiger partial charge on any atom is 0.223 e. The van der Waals surface area contributed by atoms with Crippen molar-refractivity contribution in [3.63, 3.8) is 0 Å². The molecule has 0 aliphatic carbocycles. The lowest BCUT2D eigenvalue weighted by atomic mass is 9.93. The maximum atomic E-state index is 13.8. The van der Waals surface area contributed by atoms with Gasteiger partial charge in [-0.2, -0.15) is 0 Å². The van der Waals surface area contributed by atoms with E-state index in [-0.39, 0.29) is 29.6 Å². The van der Waals surface area contributed by atoms with Gasteiger partial charge in [0, 0.05) is 51.6 Å². The molecule has 1 saturated heterocycles. The van der Waals surface area contributed by atoms with Gasteiger partial charge < -0.3 is 15.3 Å². The molecule has 1 aliphatic heterocycles. The highest BCUT2D eigenvalue weighted by Crippen LogP contribution is 2.22.